The number of rotatable bonds is 3. The summed E-state index contributed by atoms with van der Waals surface area (Å²) in [5, 5.41) is 3.30. The van der Waals surface area contributed by atoms with Gasteiger partial charge in [0.1, 0.15) is 0 Å². The number of nitrogens with one attached hydrogen (secondary N) is 1. The van der Waals surface area contributed by atoms with Gasteiger partial charge in [0, 0.05) is 12.7 Å². The topological polar surface area (TPSA) is 12.0 Å². The monoisotopic (exact) mass is 177 g/mol. The molecular formula is C12H19N. The van der Waals surface area contributed by atoms with Crippen LogP contribution in [0.15, 0.2) is 18.2 Å². The van der Waals surface area contributed by atoms with Gasteiger partial charge in [-0.15, -0.1) is 0 Å². The molecule has 0 saturated carbocycles. The number of benzene rings is 1. The molecule has 0 heterocycles. The second-order valence-electron chi connectivity index (χ2n) is 3.64. The first-order valence-electron chi connectivity index (χ1n) is 5.00. The van der Waals surface area contributed by atoms with Gasteiger partial charge in [0.2, 0.25) is 0 Å². The molecule has 1 heteroatoms. The van der Waals surface area contributed by atoms with Crippen LogP contribution < -0.4 is 5.32 Å². The van der Waals surface area contributed by atoms with E-state index < -0.39 is 0 Å². The lowest BCUT2D eigenvalue weighted by Gasteiger charge is -2.15. The van der Waals surface area contributed by atoms with E-state index in [2.05, 4.69) is 44.3 Å². The average molecular weight is 177 g/mol. The third-order valence-electron chi connectivity index (χ3n) is 2.44. The lowest BCUT2D eigenvalue weighted by molar-refractivity contribution is 0.864. The summed E-state index contributed by atoms with van der Waals surface area (Å²) in [6.07, 6.45) is 1.09. The minimum absolute atomic E-state index is 0.592. The zero-order chi connectivity index (χ0) is 9.84. The standard InChI is InChI=1S/C12H19N/c1-5-10-7-6-8-11(9(2)3)12(10)13-4/h6-9,13H,5H2,1-4H3. The van der Waals surface area contributed by atoms with Crippen molar-refractivity contribution in [3.8, 4) is 0 Å². The lowest BCUT2D eigenvalue weighted by Crippen LogP contribution is -2.01. The summed E-state index contributed by atoms with van der Waals surface area (Å²) in [4.78, 5) is 0. The second-order valence-corrected chi connectivity index (χ2v) is 3.64. The Hall–Kier alpha value is -0.980. The van der Waals surface area contributed by atoms with Crippen LogP contribution in [-0.2, 0) is 6.42 Å². The van der Waals surface area contributed by atoms with Gasteiger partial charge in [-0.1, -0.05) is 39.0 Å². The minimum atomic E-state index is 0.592. The second kappa shape index (κ2) is 4.31. The third kappa shape index (κ3) is 2.03. The molecule has 1 aromatic carbocycles. The SMILES string of the molecule is CCc1cccc(C(C)C)c1NC. The van der Waals surface area contributed by atoms with Crippen molar-refractivity contribution < 1.29 is 0 Å². The molecule has 1 aromatic rings. The van der Waals surface area contributed by atoms with Crippen LogP contribution in [0.3, 0.4) is 0 Å². The molecule has 1 N–H and O–H groups in total. The molecule has 0 aliphatic heterocycles. The van der Waals surface area contributed by atoms with Crippen LogP contribution in [0.4, 0.5) is 5.69 Å². The fourth-order valence-electron chi connectivity index (χ4n) is 1.70. The summed E-state index contributed by atoms with van der Waals surface area (Å²) in [5.74, 6) is 0.592. The summed E-state index contributed by atoms with van der Waals surface area (Å²) >= 11 is 0. The van der Waals surface area contributed by atoms with Crippen molar-refractivity contribution in [1.29, 1.82) is 0 Å². The van der Waals surface area contributed by atoms with Crippen LogP contribution in [0.25, 0.3) is 0 Å². The molecule has 0 atom stereocenters. The van der Waals surface area contributed by atoms with E-state index in [1.165, 1.54) is 16.8 Å². The van der Waals surface area contributed by atoms with Crippen LogP contribution in [0.1, 0.15) is 37.8 Å². The smallest absolute Gasteiger partial charge is 0.0405 e. The van der Waals surface area contributed by atoms with Crippen molar-refractivity contribution in [3.63, 3.8) is 0 Å². The predicted molar refractivity (Wildman–Crippen MR) is 59.5 cm³/mol. The zero-order valence-corrected chi connectivity index (χ0v) is 9.02. The molecule has 0 fully saturated rings. The molecule has 0 radical (unpaired) electrons. The Morgan fingerprint density at radius 2 is 2.00 bits per heavy atom. The number of aryl methyl sites for hydroxylation is 1. The first kappa shape index (κ1) is 10.1. The van der Waals surface area contributed by atoms with Gasteiger partial charge in [0.25, 0.3) is 0 Å². The summed E-state index contributed by atoms with van der Waals surface area (Å²) in [7, 11) is 2.00. The van der Waals surface area contributed by atoms with E-state index in [1.54, 1.807) is 0 Å². The fraction of sp³-hybridized carbons (Fsp3) is 0.500. The van der Waals surface area contributed by atoms with E-state index in [0.29, 0.717) is 5.92 Å². The van der Waals surface area contributed by atoms with Crippen molar-refractivity contribution in [1.82, 2.24) is 0 Å². The summed E-state index contributed by atoms with van der Waals surface area (Å²) < 4.78 is 0. The largest absolute Gasteiger partial charge is 0.388 e. The molecule has 0 spiro atoms. The van der Waals surface area contributed by atoms with Gasteiger partial charge in [-0.3, -0.25) is 0 Å². The first-order chi connectivity index (χ1) is 6.20. The number of hydrogen-bond donors (Lipinski definition) is 1. The average Bonchev–Trinajstić information content (AvgIpc) is 2.16. The van der Waals surface area contributed by atoms with E-state index in [9.17, 15) is 0 Å². The first-order valence-corrected chi connectivity index (χ1v) is 5.00. The van der Waals surface area contributed by atoms with Gasteiger partial charge in [0.05, 0.1) is 0 Å². The number of para-hydroxylation sites is 1. The highest BCUT2D eigenvalue weighted by Gasteiger charge is 2.07. The van der Waals surface area contributed by atoms with Crippen LogP contribution in [-0.4, -0.2) is 7.05 Å². The molecule has 0 amide bonds. The molecule has 1 rings (SSSR count). The van der Waals surface area contributed by atoms with E-state index in [-0.39, 0.29) is 0 Å². The molecule has 0 aliphatic carbocycles. The number of hydrogen-bond acceptors (Lipinski definition) is 1. The zero-order valence-electron chi connectivity index (χ0n) is 9.02. The van der Waals surface area contributed by atoms with Crippen LogP contribution >= 0.6 is 0 Å². The Balaban J connectivity index is 3.19. The Kier molecular flexibility index (Phi) is 3.35. The third-order valence-corrected chi connectivity index (χ3v) is 2.44. The van der Waals surface area contributed by atoms with E-state index in [1.807, 2.05) is 7.05 Å². The quantitative estimate of drug-likeness (QED) is 0.746. The van der Waals surface area contributed by atoms with Crippen LogP contribution in [0.2, 0.25) is 0 Å². The Morgan fingerprint density at radius 1 is 1.31 bits per heavy atom. The number of anilines is 1. The van der Waals surface area contributed by atoms with Gasteiger partial charge in [-0.25, -0.2) is 0 Å². The van der Waals surface area contributed by atoms with Gasteiger partial charge in [-0.05, 0) is 23.5 Å². The van der Waals surface area contributed by atoms with Crippen molar-refractivity contribution in [2.75, 3.05) is 12.4 Å². The maximum Gasteiger partial charge on any atom is 0.0405 e. The van der Waals surface area contributed by atoms with Crippen molar-refractivity contribution in [2.24, 2.45) is 0 Å². The van der Waals surface area contributed by atoms with E-state index >= 15 is 0 Å². The highest BCUT2D eigenvalue weighted by atomic mass is 14.8. The van der Waals surface area contributed by atoms with Crippen LogP contribution in [0, 0.1) is 0 Å². The predicted octanol–water partition coefficient (Wildman–Crippen LogP) is 3.41. The molecule has 0 unspecified atom stereocenters. The molecule has 1 nitrogen and oxygen atoms in total. The fourth-order valence-corrected chi connectivity index (χ4v) is 1.70. The summed E-state index contributed by atoms with van der Waals surface area (Å²) in [5.41, 5.74) is 4.15. The van der Waals surface area contributed by atoms with E-state index in [0.717, 1.165) is 6.42 Å². The van der Waals surface area contributed by atoms with E-state index in [4.69, 9.17) is 0 Å². The van der Waals surface area contributed by atoms with Crippen molar-refractivity contribution >= 4 is 5.69 Å². The molecule has 72 valence electrons. The highest BCUT2D eigenvalue weighted by Crippen LogP contribution is 2.27. The molecule has 0 aromatic heterocycles. The van der Waals surface area contributed by atoms with Gasteiger partial charge in [0.15, 0.2) is 0 Å². The van der Waals surface area contributed by atoms with Crippen LogP contribution in [0.5, 0.6) is 0 Å². The summed E-state index contributed by atoms with van der Waals surface area (Å²) in [6, 6.07) is 6.54. The Labute approximate surface area is 81.2 Å². The molecule has 0 saturated heterocycles. The lowest BCUT2D eigenvalue weighted by atomic mass is 9.97. The Morgan fingerprint density at radius 3 is 2.46 bits per heavy atom. The maximum atomic E-state index is 3.30. The highest BCUT2D eigenvalue weighted by molar-refractivity contribution is 5.58. The minimum Gasteiger partial charge on any atom is -0.388 e. The Bertz CT molecular complexity index is 276. The van der Waals surface area contributed by atoms with Crippen molar-refractivity contribution in [3.05, 3.63) is 29.3 Å². The molecule has 0 bridgehead atoms. The summed E-state index contributed by atoms with van der Waals surface area (Å²) in [6.45, 7) is 6.66. The van der Waals surface area contributed by atoms with Gasteiger partial charge < -0.3 is 5.32 Å². The molecular weight excluding hydrogens is 158 g/mol. The van der Waals surface area contributed by atoms with Gasteiger partial charge in [-0.2, -0.15) is 0 Å². The van der Waals surface area contributed by atoms with Crippen molar-refractivity contribution in [2.45, 2.75) is 33.1 Å². The van der Waals surface area contributed by atoms with Gasteiger partial charge >= 0.3 is 0 Å². The maximum absolute atomic E-state index is 3.30. The molecule has 13 heavy (non-hydrogen) atoms. The molecule has 0 aliphatic rings. The normalized spacial score (nSPS) is 10.5.